The van der Waals surface area contributed by atoms with Crippen LogP contribution in [-0.2, 0) is 4.74 Å². The first-order chi connectivity index (χ1) is 9.08. The van der Waals surface area contributed by atoms with Crippen LogP contribution in [0, 0.1) is 9.49 Å². The number of carbonyl (C=O) groups excluding carboxylic acids is 1. The van der Waals surface area contributed by atoms with Crippen LogP contribution in [0.3, 0.4) is 0 Å². The van der Waals surface area contributed by atoms with Crippen molar-refractivity contribution in [3.63, 3.8) is 0 Å². The number of carbonyl (C=O) groups is 1. The number of nitrogens with zero attached hydrogens (tertiary/aromatic N) is 1. The number of aromatic hydroxyl groups is 1. The highest BCUT2D eigenvalue weighted by Crippen LogP contribution is 2.22. The quantitative estimate of drug-likeness (QED) is 0.826. The van der Waals surface area contributed by atoms with Crippen molar-refractivity contribution in [2.75, 3.05) is 26.8 Å². The van der Waals surface area contributed by atoms with E-state index < -0.39 is 0 Å². The molecule has 5 heteroatoms. The second kappa shape index (κ2) is 6.56. The van der Waals surface area contributed by atoms with Gasteiger partial charge in [0.05, 0.1) is 10.2 Å². The van der Waals surface area contributed by atoms with Crippen molar-refractivity contribution >= 4 is 28.5 Å². The fourth-order valence-electron chi connectivity index (χ4n) is 2.29. The van der Waals surface area contributed by atoms with Gasteiger partial charge in [-0.05, 0) is 59.5 Å². The number of hydrogen-bond donors (Lipinski definition) is 1. The van der Waals surface area contributed by atoms with Crippen molar-refractivity contribution in [1.82, 2.24) is 4.90 Å². The Kier molecular flexibility index (Phi) is 5.04. The van der Waals surface area contributed by atoms with Crippen molar-refractivity contribution < 1.29 is 14.6 Å². The number of ether oxygens (including phenoxy) is 1. The summed E-state index contributed by atoms with van der Waals surface area (Å²) >= 11 is 2.03. The highest BCUT2D eigenvalue weighted by atomic mass is 127. The molecule has 0 spiro atoms. The average molecular weight is 375 g/mol. The monoisotopic (exact) mass is 375 g/mol. The molecule has 0 radical (unpaired) electrons. The fourth-order valence-corrected chi connectivity index (χ4v) is 2.62. The van der Waals surface area contributed by atoms with Gasteiger partial charge in [-0.15, -0.1) is 0 Å². The molecule has 1 aromatic rings. The fraction of sp³-hybridized carbons (Fsp3) is 0.500. The molecule has 1 heterocycles. The van der Waals surface area contributed by atoms with E-state index in [0.29, 0.717) is 18.0 Å². The minimum Gasteiger partial charge on any atom is -0.507 e. The summed E-state index contributed by atoms with van der Waals surface area (Å²) in [6.45, 7) is 2.26. The maximum atomic E-state index is 12.3. The van der Waals surface area contributed by atoms with E-state index in [9.17, 15) is 9.90 Å². The van der Waals surface area contributed by atoms with Crippen LogP contribution in [0.1, 0.15) is 23.2 Å². The lowest BCUT2D eigenvalue weighted by Gasteiger charge is -2.27. The Morgan fingerprint density at radius 1 is 1.58 bits per heavy atom. The topological polar surface area (TPSA) is 49.8 Å². The molecular formula is C14H18INO3. The van der Waals surface area contributed by atoms with E-state index in [1.807, 2.05) is 22.6 Å². The molecular weight excluding hydrogens is 357 g/mol. The zero-order chi connectivity index (χ0) is 13.8. The Bertz CT molecular complexity index is 458. The van der Waals surface area contributed by atoms with Gasteiger partial charge in [0.25, 0.3) is 5.91 Å². The van der Waals surface area contributed by atoms with Gasteiger partial charge in [-0.25, -0.2) is 0 Å². The van der Waals surface area contributed by atoms with Gasteiger partial charge in [0.2, 0.25) is 0 Å². The second-order valence-electron chi connectivity index (χ2n) is 4.94. The smallest absolute Gasteiger partial charge is 0.253 e. The summed E-state index contributed by atoms with van der Waals surface area (Å²) in [4.78, 5) is 14.0. The number of phenols is 1. The van der Waals surface area contributed by atoms with Crippen LogP contribution in [0.25, 0.3) is 0 Å². The van der Waals surface area contributed by atoms with Crippen LogP contribution in [0.15, 0.2) is 18.2 Å². The highest BCUT2D eigenvalue weighted by Gasteiger charge is 2.20. The summed E-state index contributed by atoms with van der Waals surface area (Å²) in [7, 11) is 1.80. The van der Waals surface area contributed by atoms with Crippen LogP contribution in [-0.4, -0.2) is 42.7 Å². The molecule has 1 unspecified atom stereocenters. The predicted octanol–water partition coefficient (Wildman–Crippen LogP) is 2.50. The van der Waals surface area contributed by atoms with Crippen LogP contribution in [0.5, 0.6) is 5.75 Å². The van der Waals surface area contributed by atoms with Gasteiger partial charge in [0, 0.05) is 25.8 Å². The number of hydrogen-bond acceptors (Lipinski definition) is 3. The van der Waals surface area contributed by atoms with Gasteiger partial charge in [0.1, 0.15) is 5.75 Å². The zero-order valence-corrected chi connectivity index (χ0v) is 13.1. The van der Waals surface area contributed by atoms with Crippen LogP contribution >= 0.6 is 22.6 Å². The van der Waals surface area contributed by atoms with Crippen molar-refractivity contribution in [3.8, 4) is 5.75 Å². The van der Waals surface area contributed by atoms with E-state index in [0.717, 1.165) is 29.6 Å². The molecule has 1 amide bonds. The molecule has 1 aliphatic rings. The molecule has 2 rings (SSSR count). The number of benzene rings is 1. The largest absolute Gasteiger partial charge is 0.507 e. The molecule has 0 aliphatic carbocycles. The van der Waals surface area contributed by atoms with Crippen LogP contribution < -0.4 is 0 Å². The molecule has 0 saturated carbocycles. The standard InChI is InChI=1S/C14H18INO3/c1-16(8-10-3-2-6-19-9-10)14(18)11-4-5-12(15)13(17)7-11/h4-5,7,10,17H,2-3,6,8-9H2,1H3. The Morgan fingerprint density at radius 2 is 2.37 bits per heavy atom. The first kappa shape index (κ1) is 14.6. The lowest BCUT2D eigenvalue weighted by molar-refractivity contribution is 0.0388. The number of rotatable bonds is 3. The van der Waals surface area contributed by atoms with E-state index in [1.54, 1.807) is 24.1 Å². The van der Waals surface area contributed by atoms with Crippen molar-refractivity contribution in [2.45, 2.75) is 12.8 Å². The van der Waals surface area contributed by atoms with E-state index in [1.165, 1.54) is 6.07 Å². The van der Waals surface area contributed by atoms with Gasteiger partial charge in [-0.2, -0.15) is 0 Å². The molecule has 1 fully saturated rings. The minimum absolute atomic E-state index is 0.0581. The van der Waals surface area contributed by atoms with Gasteiger partial charge >= 0.3 is 0 Å². The summed E-state index contributed by atoms with van der Waals surface area (Å²) in [5.74, 6) is 0.512. The van der Waals surface area contributed by atoms with Gasteiger partial charge in [-0.3, -0.25) is 4.79 Å². The maximum Gasteiger partial charge on any atom is 0.253 e. The molecule has 1 aliphatic heterocycles. The Morgan fingerprint density at radius 3 is 3.00 bits per heavy atom. The van der Waals surface area contributed by atoms with Crippen LogP contribution in [0.4, 0.5) is 0 Å². The molecule has 0 bridgehead atoms. The first-order valence-corrected chi connectivity index (χ1v) is 7.47. The summed E-state index contributed by atoms with van der Waals surface area (Å²) < 4.78 is 6.17. The predicted molar refractivity (Wildman–Crippen MR) is 81.3 cm³/mol. The van der Waals surface area contributed by atoms with Gasteiger partial charge in [-0.1, -0.05) is 0 Å². The van der Waals surface area contributed by atoms with Crippen molar-refractivity contribution in [3.05, 3.63) is 27.3 Å². The summed E-state index contributed by atoms with van der Waals surface area (Å²) in [5, 5.41) is 9.65. The third kappa shape index (κ3) is 3.82. The minimum atomic E-state index is -0.0581. The van der Waals surface area contributed by atoms with Crippen molar-refractivity contribution in [1.29, 1.82) is 0 Å². The van der Waals surface area contributed by atoms with Gasteiger partial charge in [0.15, 0.2) is 0 Å². The van der Waals surface area contributed by atoms with Crippen molar-refractivity contribution in [2.24, 2.45) is 5.92 Å². The van der Waals surface area contributed by atoms with E-state index in [2.05, 4.69) is 0 Å². The number of halogens is 1. The van der Waals surface area contributed by atoms with E-state index in [4.69, 9.17) is 4.74 Å². The molecule has 19 heavy (non-hydrogen) atoms. The summed E-state index contributed by atoms with van der Waals surface area (Å²) in [5.41, 5.74) is 0.525. The highest BCUT2D eigenvalue weighted by molar-refractivity contribution is 14.1. The Balaban J connectivity index is 1.99. The molecule has 1 N–H and O–H groups in total. The molecule has 4 nitrogen and oxygen atoms in total. The molecule has 1 saturated heterocycles. The first-order valence-electron chi connectivity index (χ1n) is 6.39. The third-order valence-corrected chi connectivity index (χ3v) is 4.24. The average Bonchev–Trinajstić information content (AvgIpc) is 2.42. The van der Waals surface area contributed by atoms with E-state index >= 15 is 0 Å². The number of phenolic OH excluding ortho intramolecular Hbond substituents is 1. The normalized spacial score (nSPS) is 19.2. The summed E-state index contributed by atoms with van der Waals surface area (Å²) in [6, 6.07) is 5.02. The van der Waals surface area contributed by atoms with E-state index in [-0.39, 0.29) is 11.7 Å². The zero-order valence-electron chi connectivity index (χ0n) is 10.9. The van der Waals surface area contributed by atoms with Gasteiger partial charge < -0.3 is 14.7 Å². The second-order valence-corrected chi connectivity index (χ2v) is 6.10. The lowest BCUT2D eigenvalue weighted by Crippen LogP contribution is -2.35. The van der Waals surface area contributed by atoms with Crippen LogP contribution in [0.2, 0.25) is 0 Å². The molecule has 0 aromatic heterocycles. The maximum absolute atomic E-state index is 12.3. The third-order valence-electron chi connectivity index (χ3n) is 3.33. The Labute approximate surface area is 126 Å². The SMILES string of the molecule is CN(CC1CCCOC1)C(=O)c1ccc(I)c(O)c1. The summed E-state index contributed by atoms with van der Waals surface area (Å²) in [6.07, 6.45) is 2.17. The molecule has 1 aromatic carbocycles. The molecule has 104 valence electrons. The molecule has 1 atom stereocenters. The number of amides is 1. The Hall–Kier alpha value is -0.820. The lowest BCUT2D eigenvalue weighted by atomic mass is 10.0.